The number of hydrogen-bond acceptors (Lipinski definition) is 4. The lowest BCUT2D eigenvalue weighted by atomic mass is 10.2. The molecule has 14 heavy (non-hydrogen) atoms. The zero-order valence-electron chi connectivity index (χ0n) is 8.15. The highest BCUT2D eigenvalue weighted by molar-refractivity contribution is 7.97. The molecule has 1 fully saturated rings. The molecular formula is C10H15N3S. The van der Waals surface area contributed by atoms with Crippen LogP contribution in [0.2, 0.25) is 0 Å². The molecule has 1 aliphatic rings. The van der Waals surface area contributed by atoms with Crippen molar-refractivity contribution in [2.45, 2.75) is 24.2 Å². The fraction of sp³-hybridized carbons (Fsp3) is 0.500. The normalized spacial score (nSPS) is 18.3. The largest absolute Gasteiger partial charge is 0.383 e. The lowest BCUT2D eigenvalue weighted by Gasteiger charge is -2.25. The number of piperidine rings is 1. The molecule has 0 atom stereocenters. The summed E-state index contributed by atoms with van der Waals surface area (Å²) >= 11 is 1.74. The number of nitrogen functional groups attached to an aromatic ring is 1. The van der Waals surface area contributed by atoms with Crippen LogP contribution in [0.1, 0.15) is 19.3 Å². The van der Waals surface area contributed by atoms with E-state index < -0.39 is 0 Å². The molecule has 0 radical (unpaired) electrons. The van der Waals surface area contributed by atoms with Crippen molar-refractivity contribution in [3.05, 3.63) is 18.3 Å². The lowest BCUT2D eigenvalue weighted by molar-refractivity contribution is 0.380. The van der Waals surface area contributed by atoms with Crippen LogP contribution in [0.4, 0.5) is 5.82 Å². The van der Waals surface area contributed by atoms with E-state index in [9.17, 15) is 0 Å². The molecule has 4 heteroatoms. The molecule has 1 saturated heterocycles. The number of hydrogen-bond donors (Lipinski definition) is 1. The Bertz CT molecular complexity index is 297. The molecule has 2 heterocycles. The van der Waals surface area contributed by atoms with Gasteiger partial charge in [-0.25, -0.2) is 9.29 Å². The Balaban J connectivity index is 1.99. The predicted octanol–water partition coefficient (Wildman–Crippen LogP) is 2.16. The van der Waals surface area contributed by atoms with Crippen molar-refractivity contribution >= 4 is 17.8 Å². The summed E-state index contributed by atoms with van der Waals surface area (Å²) in [6.45, 7) is 2.33. The van der Waals surface area contributed by atoms with Crippen LogP contribution >= 0.6 is 11.9 Å². The number of nitrogens with zero attached hydrogens (tertiary/aromatic N) is 2. The first kappa shape index (κ1) is 9.80. The first-order valence-corrected chi connectivity index (χ1v) is 5.77. The van der Waals surface area contributed by atoms with Crippen molar-refractivity contribution in [1.29, 1.82) is 0 Å². The van der Waals surface area contributed by atoms with Gasteiger partial charge in [-0.05, 0) is 36.9 Å². The molecule has 1 aliphatic heterocycles. The summed E-state index contributed by atoms with van der Waals surface area (Å²) in [7, 11) is 0. The third-order valence-corrected chi connectivity index (χ3v) is 3.51. The smallest absolute Gasteiger partial charge is 0.138 e. The highest BCUT2D eigenvalue weighted by atomic mass is 32.2. The topological polar surface area (TPSA) is 42.1 Å². The molecule has 3 nitrogen and oxygen atoms in total. The predicted molar refractivity (Wildman–Crippen MR) is 59.9 cm³/mol. The monoisotopic (exact) mass is 209 g/mol. The molecule has 0 bridgehead atoms. The van der Waals surface area contributed by atoms with Crippen LogP contribution in [0.25, 0.3) is 0 Å². The van der Waals surface area contributed by atoms with Crippen LogP contribution in [-0.2, 0) is 0 Å². The van der Waals surface area contributed by atoms with E-state index in [1.54, 1.807) is 18.1 Å². The number of rotatable bonds is 2. The van der Waals surface area contributed by atoms with E-state index in [-0.39, 0.29) is 0 Å². The molecule has 0 unspecified atom stereocenters. The van der Waals surface area contributed by atoms with E-state index in [4.69, 9.17) is 5.73 Å². The van der Waals surface area contributed by atoms with Crippen LogP contribution < -0.4 is 5.73 Å². The Kier molecular flexibility index (Phi) is 3.26. The van der Waals surface area contributed by atoms with Crippen LogP contribution in [-0.4, -0.2) is 22.4 Å². The summed E-state index contributed by atoms with van der Waals surface area (Å²) in [5.41, 5.74) is 5.78. The second kappa shape index (κ2) is 4.66. The van der Waals surface area contributed by atoms with Crippen molar-refractivity contribution in [2.75, 3.05) is 18.8 Å². The van der Waals surface area contributed by atoms with Gasteiger partial charge in [0.1, 0.15) is 5.82 Å². The van der Waals surface area contributed by atoms with Gasteiger partial charge in [0.05, 0.1) is 4.90 Å². The van der Waals surface area contributed by atoms with Crippen LogP contribution in [0.5, 0.6) is 0 Å². The van der Waals surface area contributed by atoms with Gasteiger partial charge in [0.2, 0.25) is 0 Å². The van der Waals surface area contributed by atoms with E-state index >= 15 is 0 Å². The van der Waals surface area contributed by atoms with Crippen molar-refractivity contribution in [3.63, 3.8) is 0 Å². The number of anilines is 1. The Morgan fingerprint density at radius 1 is 1.29 bits per heavy atom. The van der Waals surface area contributed by atoms with E-state index in [1.807, 2.05) is 12.1 Å². The highest BCUT2D eigenvalue weighted by Gasteiger charge is 2.12. The van der Waals surface area contributed by atoms with Crippen molar-refractivity contribution < 1.29 is 0 Å². The standard InChI is InChI=1S/C10H15N3S/c11-10-9(5-4-6-12-10)14-13-7-2-1-3-8-13/h4-6H,1-3,7-8H2,(H2,11,12). The Labute approximate surface area is 88.8 Å². The summed E-state index contributed by atoms with van der Waals surface area (Å²) < 4.78 is 2.37. The fourth-order valence-electron chi connectivity index (χ4n) is 1.58. The van der Waals surface area contributed by atoms with Gasteiger partial charge in [-0.3, -0.25) is 0 Å². The Morgan fingerprint density at radius 2 is 2.07 bits per heavy atom. The molecule has 2 rings (SSSR count). The SMILES string of the molecule is Nc1ncccc1SN1CCCCC1. The Hall–Kier alpha value is -0.740. The molecule has 0 aliphatic carbocycles. The molecule has 0 saturated carbocycles. The number of nitrogens with two attached hydrogens (primary N) is 1. The number of pyridine rings is 1. The van der Waals surface area contributed by atoms with Gasteiger partial charge in [0, 0.05) is 19.3 Å². The average molecular weight is 209 g/mol. The quantitative estimate of drug-likeness (QED) is 0.758. The van der Waals surface area contributed by atoms with Crippen molar-refractivity contribution in [3.8, 4) is 0 Å². The average Bonchev–Trinajstić information content (AvgIpc) is 2.23. The molecular weight excluding hydrogens is 194 g/mol. The van der Waals surface area contributed by atoms with E-state index in [1.165, 1.54) is 32.4 Å². The molecule has 0 amide bonds. The third-order valence-electron chi connectivity index (χ3n) is 2.34. The lowest BCUT2D eigenvalue weighted by Crippen LogP contribution is -2.22. The minimum absolute atomic E-state index is 0.642. The molecule has 0 spiro atoms. The second-order valence-corrected chi connectivity index (χ2v) is 4.61. The minimum atomic E-state index is 0.642. The van der Waals surface area contributed by atoms with Crippen LogP contribution in [0.3, 0.4) is 0 Å². The van der Waals surface area contributed by atoms with Gasteiger partial charge in [0.25, 0.3) is 0 Å². The second-order valence-electron chi connectivity index (χ2n) is 3.47. The summed E-state index contributed by atoms with van der Waals surface area (Å²) in [5.74, 6) is 0.642. The maximum absolute atomic E-state index is 5.78. The van der Waals surface area contributed by atoms with Gasteiger partial charge in [0.15, 0.2) is 0 Å². The van der Waals surface area contributed by atoms with Gasteiger partial charge in [-0.2, -0.15) is 0 Å². The van der Waals surface area contributed by atoms with Gasteiger partial charge >= 0.3 is 0 Å². The van der Waals surface area contributed by atoms with Crippen molar-refractivity contribution in [2.24, 2.45) is 0 Å². The zero-order valence-corrected chi connectivity index (χ0v) is 8.96. The first-order chi connectivity index (χ1) is 6.86. The summed E-state index contributed by atoms with van der Waals surface area (Å²) in [4.78, 5) is 5.15. The highest BCUT2D eigenvalue weighted by Crippen LogP contribution is 2.28. The van der Waals surface area contributed by atoms with E-state index in [2.05, 4.69) is 9.29 Å². The van der Waals surface area contributed by atoms with Gasteiger partial charge in [-0.15, -0.1) is 0 Å². The number of aromatic nitrogens is 1. The van der Waals surface area contributed by atoms with Crippen LogP contribution in [0.15, 0.2) is 23.2 Å². The molecule has 2 N–H and O–H groups in total. The maximum atomic E-state index is 5.78. The zero-order chi connectivity index (χ0) is 9.80. The van der Waals surface area contributed by atoms with E-state index in [0.717, 1.165) is 4.90 Å². The first-order valence-electron chi connectivity index (χ1n) is 4.99. The molecule has 0 aromatic carbocycles. The maximum Gasteiger partial charge on any atom is 0.138 e. The summed E-state index contributed by atoms with van der Waals surface area (Å²) in [6, 6.07) is 3.96. The van der Waals surface area contributed by atoms with Gasteiger partial charge < -0.3 is 5.73 Å². The fourth-order valence-corrected chi connectivity index (χ4v) is 2.58. The molecule has 1 aromatic heterocycles. The minimum Gasteiger partial charge on any atom is -0.383 e. The van der Waals surface area contributed by atoms with Gasteiger partial charge in [-0.1, -0.05) is 6.42 Å². The summed E-state index contributed by atoms with van der Waals surface area (Å²) in [6.07, 6.45) is 5.69. The molecule has 76 valence electrons. The summed E-state index contributed by atoms with van der Waals surface area (Å²) in [5, 5.41) is 0. The molecule has 1 aromatic rings. The van der Waals surface area contributed by atoms with Crippen molar-refractivity contribution in [1.82, 2.24) is 9.29 Å². The van der Waals surface area contributed by atoms with E-state index in [0.29, 0.717) is 5.82 Å². The third kappa shape index (κ3) is 2.39. The Morgan fingerprint density at radius 3 is 2.79 bits per heavy atom. The van der Waals surface area contributed by atoms with Crippen LogP contribution in [0, 0.1) is 0 Å².